The van der Waals surface area contributed by atoms with E-state index in [0.717, 1.165) is 11.3 Å². The van der Waals surface area contributed by atoms with E-state index in [9.17, 15) is 0 Å². The number of nitriles is 1. The molecule has 0 bridgehead atoms. The molecule has 0 unspecified atom stereocenters. The molecule has 0 radical (unpaired) electrons. The molecule has 0 saturated carbocycles. The fraction of sp³-hybridized carbons (Fsp3) is 0.182. The lowest BCUT2D eigenvalue weighted by atomic mass is 10.2. The molecule has 0 saturated heterocycles. The maximum Gasteiger partial charge on any atom is 0.129 e. The smallest absolute Gasteiger partial charge is 0.129 e. The first-order valence-electron chi connectivity index (χ1n) is 4.10. The molecule has 0 aliphatic carbocycles. The highest BCUT2D eigenvalue weighted by atomic mass is 16.5. The molecule has 1 aromatic rings. The Bertz CT molecular complexity index is 377. The SMILES string of the molecule is COc1ccc(/C=C\C#N)c(OC)c1. The second-order valence-corrected chi connectivity index (χ2v) is 2.57. The van der Waals surface area contributed by atoms with Gasteiger partial charge in [-0.1, -0.05) is 0 Å². The number of benzene rings is 1. The van der Waals surface area contributed by atoms with Crippen molar-refractivity contribution >= 4 is 6.08 Å². The van der Waals surface area contributed by atoms with E-state index in [1.165, 1.54) is 6.08 Å². The Morgan fingerprint density at radius 3 is 2.64 bits per heavy atom. The summed E-state index contributed by atoms with van der Waals surface area (Å²) in [7, 11) is 3.18. The maximum absolute atomic E-state index is 8.39. The summed E-state index contributed by atoms with van der Waals surface area (Å²) in [6.07, 6.45) is 3.10. The van der Waals surface area contributed by atoms with E-state index in [0.29, 0.717) is 5.75 Å². The van der Waals surface area contributed by atoms with Crippen molar-refractivity contribution in [3.05, 3.63) is 29.8 Å². The second-order valence-electron chi connectivity index (χ2n) is 2.57. The van der Waals surface area contributed by atoms with Gasteiger partial charge in [0.1, 0.15) is 11.5 Å². The van der Waals surface area contributed by atoms with Gasteiger partial charge in [0, 0.05) is 17.7 Å². The van der Waals surface area contributed by atoms with Crippen LogP contribution in [0.3, 0.4) is 0 Å². The number of allylic oxidation sites excluding steroid dienone is 1. The molecule has 14 heavy (non-hydrogen) atoms. The monoisotopic (exact) mass is 189 g/mol. The zero-order chi connectivity index (χ0) is 10.4. The van der Waals surface area contributed by atoms with Crippen LogP contribution in [-0.2, 0) is 0 Å². The molecular formula is C11H11NO2. The highest BCUT2D eigenvalue weighted by Gasteiger charge is 2.00. The Morgan fingerprint density at radius 1 is 1.29 bits per heavy atom. The lowest BCUT2D eigenvalue weighted by molar-refractivity contribution is 0.394. The Balaban J connectivity index is 3.06. The van der Waals surface area contributed by atoms with Crippen LogP contribution in [0.5, 0.6) is 11.5 Å². The van der Waals surface area contributed by atoms with Crippen LogP contribution in [0.2, 0.25) is 0 Å². The molecule has 0 N–H and O–H groups in total. The van der Waals surface area contributed by atoms with E-state index >= 15 is 0 Å². The third-order valence-corrected chi connectivity index (χ3v) is 1.78. The first kappa shape index (κ1) is 10.1. The number of rotatable bonds is 3. The van der Waals surface area contributed by atoms with Crippen LogP contribution < -0.4 is 9.47 Å². The van der Waals surface area contributed by atoms with Gasteiger partial charge in [0.2, 0.25) is 0 Å². The van der Waals surface area contributed by atoms with E-state index in [4.69, 9.17) is 14.7 Å². The van der Waals surface area contributed by atoms with Crippen molar-refractivity contribution in [2.24, 2.45) is 0 Å². The molecule has 1 aromatic carbocycles. The fourth-order valence-electron chi connectivity index (χ4n) is 1.08. The predicted octanol–water partition coefficient (Wildman–Crippen LogP) is 2.24. The third kappa shape index (κ3) is 2.27. The molecular weight excluding hydrogens is 178 g/mol. The molecule has 72 valence electrons. The second kappa shape index (κ2) is 4.93. The molecule has 0 aromatic heterocycles. The zero-order valence-corrected chi connectivity index (χ0v) is 8.15. The highest BCUT2D eigenvalue weighted by Crippen LogP contribution is 2.25. The molecule has 0 aliphatic heterocycles. The van der Waals surface area contributed by atoms with Crippen molar-refractivity contribution in [3.63, 3.8) is 0 Å². The van der Waals surface area contributed by atoms with Gasteiger partial charge in [-0.15, -0.1) is 0 Å². The van der Waals surface area contributed by atoms with Crippen LogP contribution in [0.25, 0.3) is 6.08 Å². The van der Waals surface area contributed by atoms with Crippen molar-refractivity contribution in [2.45, 2.75) is 0 Å². The van der Waals surface area contributed by atoms with Crippen molar-refractivity contribution < 1.29 is 9.47 Å². The first-order valence-corrected chi connectivity index (χ1v) is 4.10. The summed E-state index contributed by atoms with van der Waals surface area (Å²) in [4.78, 5) is 0. The van der Waals surface area contributed by atoms with Crippen molar-refractivity contribution in [3.8, 4) is 17.6 Å². The van der Waals surface area contributed by atoms with Crippen LogP contribution in [0.15, 0.2) is 24.3 Å². The normalized spacial score (nSPS) is 9.79. The van der Waals surface area contributed by atoms with Crippen molar-refractivity contribution in [1.82, 2.24) is 0 Å². The minimum Gasteiger partial charge on any atom is -0.497 e. The summed E-state index contributed by atoms with van der Waals surface area (Å²) in [6, 6.07) is 7.36. The van der Waals surface area contributed by atoms with E-state index in [1.54, 1.807) is 26.4 Å². The molecule has 0 heterocycles. The van der Waals surface area contributed by atoms with Gasteiger partial charge in [-0.2, -0.15) is 5.26 Å². The minimum atomic E-state index is 0.691. The van der Waals surface area contributed by atoms with Gasteiger partial charge in [0.25, 0.3) is 0 Å². The van der Waals surface area contributed by atoms with E-state index in [2.05, 4.69) is 0 Å². The predicted molar refractivity (Wildman–Crippen MR) is 54.2 cm³/mol. The molecule has 3 nitrogen and oxygen atoms in total. The van der Waals surface area contributed by atoms with E-state index < -0.39 is 0 Å². The van der Waals surface area contributed by atoms with Crippen LogP contribution in [0.1, 0.15) is 5.56 Å². The van der Waals surface area contributed by atoms with Gasteiger partial charge >= 0.3 is 0 Å². The summed E-state index contributed by atoms with van der Waals surface area (Å²) in [6.45, 7) is 0. The summed E-state index contributed by atoms with van der Waals surface area (Å²) >= 11 is 0. The standard InChI is InChI=1S/C11H11NO2/c1-13-10-6-5-9(4-3-7-12)11(8-10)14-2/h3-6,8H,1-2H3/b4-3-. The fourth-order valence-corrected chi connectivity index (χ4v) is 1.08. The summed E-state index contributed by atoms with van der Waals surface area (Å²) in [5.41, 5.74) is 0.856. The number of ether oxygens (including phenoxy) is 2. The van der Waals surface area contributed by atoms with Crippen molar-refractivity contribution in [1.29, 1.82) is 5.26 Å². The molecule has 0 spiro atoms. The number of methoxy groups -OCH3 is 2. The van der Waals surface area contributed by atoms with Gasteiger partial charge < -0.3 is 9.47 Å². The molecule has 1 rings (SSSR count). The molecule has 0 fully saturated rings. The third-order valence-electron chi connectivity index (χ3n) is 1.78. The van der Waals surface area contributed by atoms with Gasteiger partial charge in [-0.05, 0) is 18.2 Å². The van der Waals surface area contributed by atoms with Crippen LogP contribution >= 0.6 is 0 Å². The Hall–Kier alpha value is -1.95. The Labute approximate surface area is 83.2 Å². The van der Waals surface area contributed by atoms with Gasteiger partial charge in [0.15, 0.2) is 0 Å². The summed E-state index contributed by atoms with van der Waals surface area (Å²) in [5, 5.41) is 8.39. The Morgan fingerprint density at radius 2 is 2.07 bits per heavy atom. The van der Waals surface area contributed by atoms with Crippen molar-refractivity contribution in [2.75, 3.05) is 14.2 Å². The molecule has 0 aliphatic rings. The minimum absolute atomic E-state index is 0.691. The number of hydrogen-bond donors (Lipinski definition) is 0. The van der Waals surface area contributed by atoms with Gasteiger partial charge in [0.05, 0.1) is 20.3 Å². The average Bonchev–Trinajstić information content (AvgIpc) is 2.26. The lowest BCUT2D eigenvalue weighted by Crippen LogP contribution is -1.89. The largest absolute Gasteiger partial charge is 0.497 e. The molecule has 0 amide bonds. The average molecular weight is 189 g/mol. The Kier molecular flexibility index (Phi) is 3.57. The summed E-state index contributed by atoms with van der Waals surface area (Å²) in [5.74, 6) is 1.42. The number of hydrogen-bond acceptors (Lipinski definition) is 3. The van der Waals surface area contributed by atoms with Gasteiger partial charge in [-0.25, -0.2) is 0 Å². The van der Waals surface area contributed by atoms with Crippen LogP contribution in [0.4, 0.5) is 0 Å². The topological polar surface area (TPSA) is 42.2 Å². The maximum atomic E-state index is 8.39. The first-order chi connectivity index (χ1) is 6.81. The van der Waals surface area contributed by atoms with Gasteiger partial charge in [-0.3, -0.25) is 0 Å². The molecule has 3 heteroatoms. The molecule has 0 atom stereocenters. The summed E-state index contributed by atoms with van der Waals surface area (Å²) < 4.78 is 10.2. The lowest BCUT2D eigenvalue weighted by Gasteiger charge is -2.06. The number of nitrogens with zero attached hydrogens (tertiary/aromatic N) is 1. The van der Waals surface area contributed by atoms with Crippen LogP contribution in [-0.4, -0.2) is 14.2 Å². The van der Waals surface area contributed by atoms with E-state index in [-0.39, 0.29) is 0 Å². The van der Waals surface area contributed by atoms with Crippen LogP contribution in [0, 0.1) is 11.3 Å². The highest BCUT2D eigenvalue weighted by molar-refractivity contribution is 5.60. The van der Waals surface area contributed by atoms with E-state index in [1.807, 2.05) is 18.2 Å². The quantitative estimate of drug-likeness (QED) is 0.685. The zero-order valence-electron chi connectivity index (χ0n) is 8.15.